The average molecular weight is 260 g/mol. The molecule has 100 valence electrons. The molecule has 1 aliphatic rings. The van der Waals surface area contributed by atoms with Crippen molar-refractivity contribution >= 4 is 16.9 Å². The van der Waals surface area contributed by atoms with Gasteiger partial charge in [-0.1, -0.05) is 0 Å². The third kappa shape index (κ3) is 1.87. The van der Waals surface area contributed by atoms with E-state index in [-0.39, 0.29) is 0 Å². The number of hydrogen-bond acceptors (Lipinski definition) is 3. The van der Waals surface area contributed by atoms with E-state index in [0.717, 1.165) is 42.4 Å². The molecule has 0 saturated heterocycles. The zero-order valence-corrected chi connectivity index (χ0v) is 10.9. The summed E-state index contributed by atoms with van der Waals surface area (Å²) in [7, 11) is 0. The number of rotatable bonds is 3. The van der Waals surface area contributed by atoms with Crippen LogP contribution >= 0.6 is 0 Å². The zero-order chi connectivity index (χ0) is 13.4. The molecule has 0 fully saturated rings. The van der Waals surface area contributed by atoms with Gasteiger partial charge >= 0.3 is 5.97 Å². The molecule has 3 rings (SSSR count). The summed E-state index contributed by atoms with van der Waals surface area (Å²) in [6.45, 7) is 2.44. The summed E-state index contributed by atoms with van der Waals surface area (Å²) in [6, 6.07) is 3.30. The maximum atomic E-state index is 11.4. The largest absolute Gasteiger partial charge is 0.490 e. The summed E-state index contributed by atoms with van der Waals surface area (Å²) in [5, 5.41) is 10.1. The number of fused-ring (bicyclic) bond motifs is 3. The Morgan fingerprint density at radius 3 is 2.89 bits per heavy atom. The molecule has 0 saturated carbocycles. The highest BCUT2D eigenvalue weighted by atomic mass is 16.5. The van der Waals surface area contributed by atoms with Gasteiger partial charge in [-0.25, -0.2) is 4.79 Å². The minimum absolute atomic E-state index is 0.311. The Hall–Kier alpha value is -1.97. The zero-order valence-electron chi connectivity index (χ0n) is 10.9. The lowest BCUT2D eigenvalue weighted by molar-refractivity contribution is 0.0699. The number of carboxylic acid groups (broad SMARTS) is 1. The molecular weight excluding hydrogens is 244 g/mol. The highest BCUT2D eigenvalue weighted by molar-refractivity contribution is 6.05. The molecule has 4 heteroatoms. The fourth-order valence-corrected chi connectivity index (χ4v) is 2.79. The van der Waals surface area contributed by atoms with Crippen molar-refractivity contribution in [2.45, 2.75) is 32.6 Å². The molecular formula is C15H16O4. The summed E-state index contributed by atoms with van der Waals surface area (Å²) in [6.07, 6.45) is 3.95. The second kappa shape index (κ2) is 4.61. The first kappa shape index (κ1) is 12.1. The summed E-state index contributed by atoms with van der Waals surface area (Å²) in [4.78, 5) is 11.4. The number of carboxylic acids is 1. The maximum Gasteiger partial charge on any atom is 0.336 e. The normalized spacial score (nSPS) is 14.4. The van der Waals surface area contributed by atoms with E-state index in [4.69, 9.17) is 9.15 Å². The van der Waals surface area contributed by atoms with Crippen molar-refractivity contribution in [3.63, 3.8) is 0 Å². The van der Waals surface area contributed by atoms with Crippen molar-refractivity contribution in [3.8, 4) is 5.75 Å². The highest BCUT2D eigenvalue weighted by Crippen LogP contribution is 2.38. The molecule has 19 heavy (non-hydrogen) atoms. The molecule has 0 unspecified atom stereocenters. The second-order valence-electron chi connectivity index (χ2n) is 4.76. The number of ether oxygens (including phenoxy) is 1. The molecule has 0 radical (unpaired) electrons. The Bertz CT molecular complexity index is 639. The van der Waals surface area contributed by atoms with Gasteiger partial charge in [-0.2, -0.15) is 0 Å². The smallest absolute Gasteiger partial charge is 0.336 e. The van der Waals surface area contributed by atoms with Crippen LogP contribution in [0, 0.1) is 0 Å². The third-order valence-electron chi connectivity index (χ3n) is 3.60. The Morgan fingerprint density at radius 1 is 1.37 bits per heavy atom. The van der Waals surface area contributed by atoms with Crippen LogP contribution in [0.5, 0.6) is 5.75 Å². The van der Waals surface area contributed by atoms with E-state index in [1.54, 1.807) is 12.1 Å². The Morgan fingerprint density at radius 2 is 2.16 bits per heavy atom. The Kier molecular flexibility index (Phi) is 2.93. The van der Waals surface area contributed by atoms with Crippen LogP contribution in [0.4, 0.5) is 0 Å². The molecule has 2 aromatic rings. The van der Waals surface area contributed by atoms with E-state index in [0.29, 0.717) is 23.5 Å². The molecule has 4 nitrogen and oxygen atoms in total. The number of furan rings is 1. The van der Waals surface area contributed by atoms with Crippen LogP contribution in [0.15, 0.2) is 16.5 Å². The van der Waals surface area contributed by atoms with Gasteiger partial charge in [0.1, 0.15) is 5.76 Å². The first-order valence-corrected chi connectivity index (χ1v) is 6.65. The third-order valence-corrected chi connectivity index (χ3v) is 3.60. The molecule has 1 aromatic heterocycles. The number of aryl methyl sites for hydroxylation is 2. The van der Waals surface area contributed by atoms with Crippen molar-refractivity contribution < 1.29 is 19.1 Å². The molecule has 1 aliphatic carbocycles. The summed E-state index contributed by atoms with van der Waals surface area (Å²) >= 11 is 0. The molecule has 1 N–H and O–H groups in total. The van der Waals surface area contributed by atoms with Gasteiger partial charge in [-0.15, -0.1) is 0 Å². The average Bonchev–Trinajstić information content (AvgIpc) is 2.79. The van der Waals surface area contributed by atoms with Crippen molar-refractivity contribution in [1.29, 1.82) is 0 Å². The topological polar surface area (TPSA) is 59.7 Å². The molecule has 1 aromatic carbocycles. The summed E-state index contributed by atoms with van der Waals surface area (Å²) in [5.74, 6) is 0.648. The second-order valence-corrected chi connectivity index (χ2v) is 4.76. The van der Waals surface area contributed by atoms with Crippen molar-refractivity contribution in [2.24, 2.45) is 0 Å². The fourth-order valence-electron chi connectivity index (χ4n) is 2.79. The van der Waals surface area contributed by atoms with E-state index in [2.05, 4.69) is 0 Å². The summed E-state index contributed by atoms with van der Waals surface area (Å²) in [5.41, 5.74) is 1.96. The van der Waals surface area contributed by atoms with Gasteiger partial charge in [-0.05, 0) is 38.3 Å². The highest BCUT2D eigenvalue weighted by Gasteiger charge is 2.24. The van der Waals surface area contributed by atoms with Crippen molar-refractivity contribution in [1.82, 2.24) is 0 Å². The van der Waals surface area contributed by atoms with Crippen LogP contribution < -0.4 is 4.74 Å². The molecule has 0 spiro atoms. The maximum absolute atomic E-state index is 11.4. The van der Waals surface area contributed by atoms with Gasteiger partial charge in [0, 0.05) is 17.4 Å². The van der Waals surface area contributed by atoms with Gasteiger partial charge in [0.2, 0.25) is 0 Å². The molecule has 0 amide bonds. The van der Waals surface area contributed by atoms with E-state index in [1.807, 2.05) is 6.92 Å². The first-order valence-electron chi connectivity index (χ1n) is 6.65. The van der Waals surface area contributed by atoms with Gasteiger partial charge in [0.05, 0.1) is 12.2 Å². The lowest BCUT2D eigenvalue weighted by Crippen LogP contribution is -2.03. The SMILES string of the molecule is CCOc1ccc(C(=O)O)c2c3c(oc12)CCCC3. The minimum atomic E-state index is -0.915. The monoisotopic (exact) mass is 260 g/mol. The quantitative estimate of drug-likeness (QED) is 0.918. The lowest BCUT2D eigenvalue weighted by Gasteiger charge is -2.09. The van der Waals surface area contributed by atoms with Crippen LogP contribution in [0.25, 0.3) is 11.0 Å². The molecule has 0 aliphatic heterocycles. The number of benzene rings is 1. The molecule has 0 atom stereocenters. The van der Waals surface area contributed by atoms with Crippen LogP contribution in [0.2, 0.25) is 0 Å². The predicted molar refractivity (Wildman–Crippen MR) is 71.0 cm³/mol. The van der Waals surface area contributed by atoms with Crippen LogP contribution in [-0.2, 0) is 12.8 Å². The van der Waals surface area contributed by atoms with Crippen molar-refractivity contribution in [2.75, 3.05) is 6.61 Å². The minimum Gasteiger partial charge on any atom is -0.490 e. The van der Waals surface area contributed by atoms with E-state index in [1.165, 1.54) is 0 Å². The van der Waals surface area contributed by atoms with E-state index >= 15 is 0 Å². The van der Waals surface area contributed by atoms with Gasteiger partial charge in [-0.3, -0.25) is 0 Å². The number of hydrogen-bond donors (Lipinski definition) is 1. The van der Waals surface area contributed by atoms with Crippen LogP contribution in [-0.4, -0.2) is 17.7 Å². The number of aromatic carboxylic acids is 1. The van der Waals surface area contributed by atoms with Gasteiger partial charge in [0.25, 0.3) is 0 Å². The van der Waals surface area contributed by atoms with Crippen LogP contribution in [0.3, 0.4) is 0 Å². The standard InChI is InChI=1S/C15H16O4/c1-2-18-12-8-7-10(15(16)17)13-9-5-3-4-6-11(9)19-14(12)13/h7-8H,2-6H2,1H3,(H,16,17). The number of carbonyl (C=O) groups is 1. The first-order chi connectivity index (χ1) is 9.22. The Labute approximate surface area is 111 Å². The lowest BCUT2D eigenvalue weighted by atomic mass is 9.94. The van der Waals surface area contributed by atoms with E-state index < -0.39 is 5.97 Å². The molecule has 1 heterocycles. The predicted octanol–water partition coefficient (Wildman–Crippen LogP) is 3.41. The van der Waals surface area contributed by atoms with Crippen LogP contribution in [0.1, 0.15) is 41.4 Å². The Balaban J connectivity index is 2.31. The summed E-state index contributed by atoms with van der Waals surface area (Å²) < 4.78 is 11.4. The van der Waals surface area contributed by atoms with E-state index in [9.17, 15) is 9.90 Å². The molecule has 0 bridgehead atoms. The van der Waals surface area contributed by atoms with Gasteiger partial charge < -0.3 is 14.3 Å². The van der Waals surface area contributed by atoms with Crippen molar-refractivity contribution in [3.05, 3.63) is 29.0 Å². The fraction of sp³-hybridized carbons (Fsp3) is 0.400. The van der Waals surface area contributed by atoms with Gasteiger partial charge in [0.15, 0.2) is 11.3 Å².